The molecule has 2 N–H and O–H groups in total. The second-order valence-electron chi connectivity index (χ2n) is 4.53. The predicted octanol–water partition coefficient (Wildman–Crippen LogP) is 2.49. The Kier molecular flexibility index (Phi) is 5.21. The van der Waals surface area contributed by atoms with Crippen LogP contribution in [0.1, 0.15) is 30.6 Å². The van der Waals surface area contributed by atoms with Crippen molar-refractivity contribution >= 4 is 21.8 Å². The zero-order valence-electron chi connectivity index (χ0n) is 10.4. The van der Waals surface area contributed by atoms with E-state index in [9.17, 15) is 4.79 Å². The van der Waals surface area contributed by atoms with E-state index in [1.54, 1.807) is 18.0 Å². The number of carbonyl (C=O) groups excluding carboxylic acids is 1. The van der Waals surface area contributed by atoms with Gasteiger partial charge in [0.15, 0.2) is 4.67 Å². The van der Waals surface area contributed by atoms with Crippen LogP contribution >= 0.6 is 15.9 Å². The molecular weight excluding hydrogens is 284 g/mol. The van der Waals surface area contributed by atoms with Gasteiger partial charge in [0, 0.05) is 19.6 Å². The molecule has 0 aromatic carbocycles. The Hall–Kier alpha value is -0.810. The van der Waals surface area contributed by atoms with E-state index in [2.05, 4.69) is 29.8 Å². The molecule has 0 aliphatic rings. The molecule has 1 amide bonds. The monoisotopic (exact) mass is 302 g/mol. The Labute approximate surface area is 110 Å². The van der Waals surface area contributed by atoms with Gasteiger partial charge in [-0.1, -0.05) is 13.8 Å². The first-order valence-corrected chi connectivity index (χ1v) is 6.46. The Morgan fingerprint density at radius 2 is 2.24 bits per heavy atom. The van der Waals surface area contributed by atoms with E-state index in [1.807, 2.05) is 0 Å². The largest absolute Gasteiger partial charge is 0.457 e. The summed E-state index contributed by atoms with van der Waals surface area (Å²) in [5.41, 5.74) is 6.49. The van der Waals surface area contributed by atoms with Crippen LogP contribution in [-0.2, 0) is 0 Å². The van der Waals surface area contributed by atoms with E-state index in [0.717, 1.165) is 6.42 Å². The maximum Gasteiger partial charge on any atom is 0.258 e. The molecule has 1 aromatic heterocycles. The number of halogens is 1. The topological polar surface area (TPSA) is 59.5 Å². The van der Waals surface area contributed by atoms with Gasteiger partial charge in [-0.3, -0.25) is 4.79 Å². The highest BCUT2D eigenvalue weighted by Crippen LogP contribution is 2.19. The summed E-state index contributed by atoms with van der Waals surface area (Å²) in [5.74, 6) is 0.376. The summed E-state index contributed by atoms with van der Waals surface area (Å²) in [6.45, 7) is 4.81. The third-order valence-corrected chi connectivity index (χ3v) is 3.46. The fourth-order valence-corrected chi connectivity index (χ4v) is 1.84. The van der Waals surface area contributed by atoms with E-state index in [0.29, 0.717) is 22.7 Å². The van der Waals surface area contributed by atoms with Crippen molar-refractivity contribution in [1.82, 2.24) is 4.90 Å². The van der Waals surface area contributed by atoms with Crippen molar-refractivity contribution in [3.05, 3.63) is 22.6 Å². The number of amides is 1. The highest BCUT2D eigenvalue weighted by molar-refractivity contribution is 9.10. The van der Waals surface area contributed by atoms with E-state index in [4.69, 9.17) is 10.2 Å². The van der Waals surface area contributed by atoms with Gasteiger partial charge in [0.2, 0.25) is 0 Å². The maximum absolute atomic E-state index is 12.0. The average Bonchev–Trinajstić information content (AvgIpc) is 2.70. The lowest BCUT2D eigenvalue weighted by Gasteiger charge is -2.21. The van der Waals surface area contributed by atoms with Gasteiger partial charge < -0.3 is 15.1 Å². The zero-order valence-corrected chi connectivity index (χ0v) is 12.0. The summed E-state index contributed by atoms with van der Waals surface area (Å²) in [5, 5.41) is 0. The number of nitrogens with two attached hydrogens (primary N) is 1. The minimum absolute atomic E-state index is 0.0541. The molecule has 96 valence electrons. The molecule has 5 heteroatoms. The minimum Gasteiger partial charge on any atom is -0.457 e. The average molecular weight is 303 g/mol. The lowest BCUT2D eigenvalue weighted by atomic mass is 10.0. The highest BCUT2D eigenvalue weighted by Gasteiger charge is 2.18. The van der Waals surface area contributed by atoms with E-state index in [-0.39, 0.29) is 11.9 Å². The van der Waals surface area contributed by atoms with Crippen LogP contribution in [-0.4, -0.2) is 30.4 Å². The number of hydrogen-bond donors (Lipinski definition) is 1. The lowest BCUT2D eigenvalue weighted by molar-refractivity contribution is 0.0787. The molecule has 0 aliphatic heterocycles. The summed E-state index contributed by atoms with van der Waals surface area (Å²) in [7, 11) is 1.77. The van der Waals surface area contributed by atoms with Crippen molar-refractivity contribution in [3.8, 4) is 0 Å². The summed E-state index contributed by atoms with van der Waals surface area (Å²) in [4.78, 5) is 13.7. The van der Waals surface area contributed by atoms with Gasteiger partial charge in [-0.05, 0) is 34.3 Å². The molecule has 1 aromatic rings. The van der Waals surface area contributed by atoms with Crippen LogP contribution < -0.4 is 5.73 Å². The Morgan fingerprint density at radius 3 is 2.71 bits per heavy atom. The molecular formula is C12H19BrN2O2. The molecule has 0 bridgehead atoms. The van der Waals surface area contributed by atoms with Crippen molar-refractivity contribution < 1.29 is 9.21 Å². The second kappa shape index (κ2) is 6.21. The van der Waals surface area contributed by atoms with Gasteiger partial charge in [0.25, 0.3) is 5.91 Å². The minimum atomic E-state index is -0.0541. The fourth-order valence-electron chi connectivity index (χ4n) is 1.43. The molecule has 0 spiro atoms. The van der Waals surface area contributed by atoms with Crippen LogP contribution in [0, 0.1) is 5.92 Å². The van der Waals surface area contributed by atoms with Crippen molar-refractivity contribution in [2.75, 3.05) is 13.6 Å². The smallest absolute Gasteiger partial charge is 0.258 e. The third kappa shape index (κ3) is 3.85. The van der Waals surface area contributed by atoms with Crippen molar-refractivity contribution in [1.29, 1.82) is 0 Å². The molecule has 0 saturated carbocycles. The van der Waals surface area contributed by atoms with Gasteiger partial charge >= 0.3 is 0 Å². The van der Waals surface area contributed by atoms with Gasteiger partial charge in [-0.15, -0.1) is 0 Å². The summed E-state index contributed by atoms with van der Waals surface area (Å²) < 4.78 is 5.52. The number of nitrogens with zero attached hydrogens (tertiary/aromatic N) is 1. The van der Waals surface area contributed by atoms with Crippen LogP contribution in [0.5, 0.6) is 0 Å². The summed E-state index contributed by atoms with van der Waals surface area (Å²) >= 11 is 3.20. The Bertz CT molecular complexity index is 376. The van der Waals surface area contributed by atoms with Crippen LogP contribution in [0.15, 0.2) is 21.4 Å². The number of furan rings is 1. The normalized spacial score (nSPS) is 12.8. The molecule has 1 unspecified atom stereocenters. The highest BCUT2D eigenvalue weighted by atomic mass is 79.9. The molecule has 0 aliphatic carbocycles. The maximum atomic E-state index is 12.0. The molecule has 1 atom stereocenters. The quantitative estimate of drug-likeness (QED) is 0.909. The molecule has 0 radical (unpaired) electrons. The van der Waals surface area contributed by atoms with Crippen molar-refractivity contribution in [3.63, 3.8) is 0 Å². The van der Waals surface area contributed by atoms with E-state index in [1.165, 1.54) is 6.26 Å². The zero-order chi connectivity index (χ0) is 13.0. The lowest BCUT2D eigenvalue weighted by Crippen LogP contribution is -2.34. The number of hydrogen-bond acceptors (Lipinski definition) is 3. The van der Waals surface area contributed by atoms with E-state index < -0.39 is 0 Å². The summed E-state index contributed by atoms with van der Waals surface area (Å²) in [6, 6.07) is 1.78. The molecule has 0 fully saturated rings. The van der Waals surface area contributed by atoms with Crippen molar-refractivity contribution in [2.45, 2.75) is 26.3 Å². The molecule has 17 heavy (non-hydrogen) atoms. The predicted molar refractivity (Wildman–Crippen MR) is 70.8 cm³/mol. The van der Waals surface area contributed by atoms with Gasteiger partial charge in [-0.25, -0.2) is 0 Å². The molecule has 1 rings (SSSR count). The molecule has 1 heterocycles. The van der Waals surface area contributed by atoms with Crippen LogP contribution in [0.2, 0.25) is 0 Å². The fraction of sp³-hybridized carbons (Fsp3) is 0.583. The molecule has 4 nitrogen and oxygen atoms in total. The summed E-state index contributed by atoms with van der Waals surface area (Å²) in [6.07, 6.45) is 2.29. The first-order valence-electron chi connectivity index (χ1n) is 5.67. The van der Waals surface area contributed by atoms with Crippen LogP contribution in [0.4, 0.5) is 0 Å². The number of carbonyl (C=O) groups is 1. The van der Waals surface area contributed by atoms with Gasteiger partial charge in [0.05, 0.1) is 11.8 Å². The molecule has 0 saturated heterocycles. The second-order valence-corrected chi connectivity index (χ2v) is 5.25. The van der Waals surface area contributed by atoms with Gasteiger partial charge in [0.1, 0.15) is 0 Å². The van der Waals surface area contributed by atoms with Gasteiger partial charge in [-0.2, -0.15) is 0 Å². The first kappa shape index (κ1) is 14.3. The van der Waals surface area contributed by atoms with E-state index >= 15 is 0 Å². The van der Waals surface area contributed by atoms with Crippen LogP contribution in [0.3, 0.4) is 0 Å². The Balaban J connectivity index is 2.51. The third-order valence-electron chi connectivity index (χ3n) is 2.85. The van der Waals surface area contributed by atoms with Crippen LogP contribution in [0.25, 0.3) is 0 Å². The van der Waals surface area contributed by atoms with Crippen molar-refractivity contribution in [2.24, 2.45) is 11.7 Å². The Morgan fingerprint density at radius 1 is 1.59 bits per heavy atom. The number of rotatable bonds is 5. The SMILES string of the molecule is CC(C)C(N)CCN(C)C(=O)c1ccoc1Br. The standard InChI is InChI=1S/C12H19BrN2O2/c1-8(2)10(14)4-6-15(3)12(16)9-5-7-17-11(9)13/h5,7-8,10H,4,6,14H2,1-3H3. The first-order chi connectivity index (χ1) is 7.93.